The van der Waals surface area contributed by atoms with Gasteiger partial charge in [0.15, 0.2) is 62.4 Å². The highest BCUT2D eigenvalue weighted by atomic mass is 19.4. The summed E-state index contributed by atoms with van der Waals surface area (Å²) < 4.78 is 145. The molecule has 19 nitrogen and oxygen atoms in total. The first kappa shape index (κ1) is 51.4. The van der Waals surface area contributed by atoms with Crippen LogP contribution in [-0.2, 0) is 18.5 Å². The average Bonchev–Trinajstić information content (AvgIpc) is 4.38. The fourth-order valence-corrected chi connectivity index (χ4v) is 8.06. The van der Waals surface area contributed by atoms with Crippen LogP contribution in [0.4, 0.5) is 57.0 Å². The molecule has 3 saturated carbocycles. The summed E-state index contributed by atoms with van der Waals surface area (Å²) >= 11 is 0. The van der Waals surface area contributed by atoms with E-state index in [4.69, 9.17) is 18.9 Å². The molecule has 4 aliphatic rings. The summed E-state index contributed by atoms with van der Waals surface area (Å²) in [5, 5.41) is 9.04. The lowest BCUT2D eigenvalue weighted by atomic mass is 10.2. The van der Waals surface area contributed by atoms with Gasteiger partial charge in [-0.2, -0.15) is 39.5 Å². The number of alkyl halides is 9. The quantitative estimate of drug-likeness (QED) is 0.0919. The van der Waals surface area contributed by atoms with Gasteiger partial charge < -0.3 is 34.9 Å². The maximum Gasteiger partial charge on any atom is 0.451 e. The monoisotopic (exact) mass is 1090 g/mol. The number of nitrogens with zero attached hydrogens (tertiary/aromatic N) is 12. The predicted octanol–water partition coefficient (Wildman–Crippen LogP) is 10.8. The van der Waals surface area contributed by atoms with Gasteiger partial charge in [-0.15, -0.1) is 0 Å². The predicted molar refractivity (Wildman–Crippen MR) is 263 cm³/mol. The Kier molecular flexibility index (Phi) is 13.4. The van der Waals surface area contributed by atoms with Gasteiger partial charge >= 0.3 is 18.5 Å². The van der Waals surface area contributed by atoms with Gasteiger partial charge in [-0.05, 0) is 88.8 Å². The Balaban J connectivity index is 0.000000124. The van der Waals surface area contributed by atoms with Crippen LogP contribution in [0.25, 0.3) is 50.6 Å². The lowest BCUT2D eigenvalue weighted by molar-refractivity contribution is -0.145. The van der Waals surface area contributed by atoms with E-state index in [1.807, 2.05) is 13.8 Å². The zero-order valence-corrected chi connectivity index (χ0v) is 41.1. The Labute approximate surface area is 435 Å². The van der Waals surface area contributed by atoms with Crippen molar-refractivity contribution in [1.82, 2.24) is 58.6 Å². The van der Waals surface area contributed by atoms with Gasteiger partial charge in [-0.1, -0.05) is 18.2 Å². The molecule has 0 saturated heterocycles. The van der Waals surface area contributed by atoms with Crippen LogP contribution in [0.5, 0.6) is 23.0 Å². The van der Waals surface area contributed by atoms with Crippen LogP contribution in [0.1, 0.15) is 69.8 Å². The van der Waals surface area contributed by atoms with E-state index in [1.54, 1.807) is 66.7 Å². The van der Waals surface area contributed by atoms with E-state index < -0.39 is 36.0 Å². The van der Waals surface area contributed by atoms with E-state index >= 15 is 0 Å². The summed E-state index contributed by atoms with van der Waals surface area (Å²) in [6.07, 6.45) is -4.22. The lowest BCUT2D eigenvalue weighted by Gasteiger charge is -2.13. The number of fused-ring (bicyclic) bond motifs is 4. The zero-order valence-electron chi connectivity index (χ0n) is 41.1. The fraction of sp³-hybridized carbons (Fsp3) is 0.340. The molecule has 9 aromatic rings. The van der Waals surface area contributed by atoms with Gasteiger partial charge in [-0.3, -0.25) is 13.7 Å². The SMILES string of the molecule is CCOc1cccc(-n2cnc3c(NC4CC4)nc(C(F)(F)F)nc32)c1.CCOc1ccccc1-n1cnc2c(NC3CC3)nc(C(F)(F)F)nc21.FC(F)(F)c1nc(NC2CC2)c2ncn(-c3ccc4c(c3)OCO4)c2n1. The second kappa shape index (κ2) is 20.3. The molecule has 0 bridgehead atoms. The number of aromatic nitrogens is 12. The third-order valence-corrected chi connectivity index (χ3v) is 12.2. The molecule has 3 aliphatic carbocycles. The maximum absolute atomic E-state index is 13.3. The number of nitrogens with one attached hydrogen (secondary N) is 3. The highest BCUT2D eigenvalue weighted by Crippen LogP contribution is 2.39. The number of imidazole rings is 3. The van der Waals surface area contributed by atoms with Crippen molar-refractivity contribution in [2.24, 2.45) is 0 Å². The highest BCUT2D eigenvalue weighted by Gasteiger charge is 2.40. The molecule has 3 aromatic carbocycles. The van der Waals surface area contributed by atoms with Crippen molar-refractivity contribution in [3.8, 4) is 40.1 Å². The average molecular weight is 1090 g/mol. The van der Waals surface area contributed by atoms with Crippen molar-refractivity contribution in [2.45, 2.75) is 89.0 Å². The van der Waals surface area contributed by atoms with Crippen LogP contribution in [0.15, 0.2) is 85.7 Å². The highest BCUT2D eigenvalue weighted by molar-refractivity contribution is 5.87. The first-order chi connectivity index (χ1) is 37.4. The van der Waals surface area contributed by atoms with Crippen molar-refractivity contribution in [1.29, 1.82) is 0 Å². The molecule has 0 radical (unpaired) electrons. The molecule has 1 aliphatic heterocycles. The Morgan fingerprint density at radius 1 is 0.500 bits per heavy atom. The third-order valence-electron chi connectivity index (χ3n) is 12.2. The van der Waals surface area contributed by atoms with Crippen LogP contribution in [-0.4, -0.2) is 96.7 Å². The Hall–Kier alpha value is -8.72. The normalized spacial score (nSPS) is 15.2. The molecule has 3 fully saturated rings. The molecule has 406 valence electrons. The van der Waals surface area contributed by atoms with E-state index in [0.29, 0.717) is 69.8 Å². The van der Waals surface area contributed by atoms with Crippen molar-refractivity contribution in [3.05, 3.63) is 103 Å². The number of benzene rings is 3. The number of anilines is 3. The summed E-state index contributed by atoms with van der Waals surface area (Å²) in [5.41, 5.74) is 2.93. The lowest BCUT2D eigenvalue weighted by Crippen LogP contribution is -2.15. The Morgan fingerprint density at radius 3 is 1.42 bits per heavy atom. The van der Waals surface area contributed by atoms with Gasteiger partial charge in [0.25, 0.3) is 0 Å². The number of para-hydroxylation sites is 2. The number of hydrogen-bond acceptors (Lipinski definition) is 16. The molecule has 3 N–H and O–H groups in total. The van der Waals surface area contributed by atoms with Crippen molar-refractivity contribution < 1.29 is 58.5 Å². The summed E-state index contributed by atoms with van der Waals surface area (Å²) in [7, 11) is 0. The number of ether oxygens (including phenoxy) is 4. The van der Waals surface area contributed by atoms with Crippen molar-refractivity contribution in [3.63, 3.8) is 0 Å². The van der Waals surface area contributed by atoms with Crippen molar-refractivity contribution >= 4 is 50.9 Å². The molecule has 6 aromatic heterocycles. The smallest absolute Gasteiger partial charge is 0.451 e. The standard InChI is InChI=1S/2C17H16F3N5O.C16H12F3N5O2/c1-2-26-12-5-3-4-11(8-12)25-9-21-13-14(22-10-6-7-10)23-16(17(18,19)20)24-15(13)25;1-2-26-12-6-4-3-5-11(12)25-9-21-13-14(22-10-7-8-10)23-16(17(18,19)20)24-15(13)25;17-16(18,19)15-22-13(21-8-1-2-8)12-14(23-15)24(6-20-12)9-3-4-10-11(5-9)26-7-25-10/h3-5,8-10H,2,6-7H2,1H3,(H,22,23,24);3-6,9-10H,2,7-8H2,1H3,(H,22,23,24);3-6,8H,1-2,7H2,(H,21,22,23). The Morgan fingerprint density at radius 2 is 0.949 bits per heavy atom. The minimum absolute atomic E-state index is 0.0781. The first-order valence-corrected chi connectivity index (χ1v) is 24.5. The molecular weight excluding hydrogens is 1050 g/mol. The second-order valence-electron chi connectivity index (χ2n) is 18.2. The van der Waals surface area contributed by atoms with E-state index in [-0.39, 0.29) is 59.3 Å². The molecule has 0 atom stereocenters. The van der Waals surface area contributed by atoms with Gasteiger partial charge in [0.1, 0.15) is 30.5 Å². The minimum Gasteiger partial charge on any atom is -0.494 e. The largest absolute Gasteiger partial charge is 0.494 e. The van der Waals surface area contributed by atoms with E-state index in [9.17, 15) is 39.5 Å². The summed E-state index contributed by atoms with van der Waals surface area (Å²) in [6, 6.07) is 19.6. The van der Waals surface area contributed by atoms with Crippen LogP contribution in [0, 0.1) is 0 Å². The number of hydrogen-bond donors (Lipinski definition) is 3. The molecule has 0 amide bonds. The third kappa shape index (κ3) is 11.1. The number of halogens is 9. The minimum atomic E-state index is -4.65. The molecule has 7 heterocycles. The van der Waals surface area contributed by atoms with E-state index in [1.165, 1.54) is 32.7 Å². The van der Waals surface area contributed by atoms with Crippen LogP contribution in [0.2, 0.25) is 0 Å². The molecule has 13 rings (SSSR count). The molecule has 0 unspecified atom stereocenters. The van der Waals surface area contributed by atoms with Gasteiger partial charge in [0.2, 0.25) is 24.3 Å². The summed E-state index contributed by atoms with van der Waals surface area (Å²) in [5.74, 6) is -0.987. The van der Waals surface area contributed by atoms with E-state index in [2.05, 4.69) is 60.8 Å². The van der Waals surface area contributed by atoms with Crippen LogP contribution >= 0.6 is 0 Å². The van der Waals surface area contributed by atoms with Crippen molar-refractivity contribution in [2.75, 3.05) is 36.0 Å². The number of rotatable bonds is 13. The molecule has 28 heteroatoms. The fourth-order valence-electron chi connectivity index (χ4n) is 8.06. The molecule has 78 heavy (non-hydrogen) atoms. The van der Waals surface area contributed by atoms with Gasteiger partial charge in [0.05, 0.1) is 30.3 Å². The van der Waals surface area contributed by atoms with Crippen LogP contribution < -0.4 is 34.9 Å². The van der Waals surface area contributed by atoms with Crippen LogP contribution in [0.3, 0.4) is 0 Å². The topological polar surface area (TPSA) is 204 Å². The summed E-state index contributed by atoms with van der Waals surface area (Å²) in [4.78, 5) is 34.9. The maximum atomic E-state index is 13.3. The molecule has 0 spiro atoms. The summed E-state index contributed by atoms with van der Waals surface area (Å²) in [6.45, 7) is 4.73. The van der Waals surface area contributed by atoms with E-state index in [0.717, 1.165) is 38.5 Å². The van der Waals surface area contributed by atoms with Gasteiger partial charge in [0, 0.05) is 30.3 Å². The first-order valence-electron chi connectivity index (χ1n) is 24.5. The molecular formula is C50H44F9N15O4. The Bertz CT molecular complexity index is 3660. The second-order valence-corrected chi connectivity index (χ2v) is 18.2. The zero-order chi connectivity index (χ0) is 54.5. The van der Waals surface area contributed by atoms with Gasteiger partial charge in [-0.25, -0.2) is 44.9 Å².